The molecular formula is C19H24O4. The lowest BCUT2D eigenvalue weighted by molar-refractivity contribution is -0.192. The van der Waals surface area contributed by atoms with Gasteiger partial charge in [0.2, 0.25) is 0 Å². The molecule has 1 spiro atoms. The first-order chi connectivity index (χ1) is 11.3. The quantitative estimate of drug-likeness (QED) is 0.685. The van der Waals surface area contributed by atoms with Gasteiger partial charge in [0.25, 0.3) is 0 Å². The Morgan fingerprint density at radius 2 is 2.00 bits per heavy atom. The molecule has 0 amide bonds. The highest BCUT2D eigenvalue weighted by atomic mass is 16.7. The van der Waals surface area contributed by atoms with Gasteiger partial charge in [-0.2, -0.15) is 0 Å². The number of aliphatic hydroxyl groups is 1. The zero-order chi connectivity index (χ0) is 16.0. The van der Waals surface area contributed by atoms with E-state index in [9.17, 15) is 5.11 Å². The summed E-state index contributed by atoms with van der Waals surface area (Å²) in [6, 6.07) is 9.95. The molecule has 1 aromatic carbocycles. The van der Waals surface area contributed by atoms with Crippen molar-refractivity contribution in [2.45, 2.75) is 56.7 Å². The van der Waals surface area contributed by atoms with E-state index in [0.29, 0.717) is 19.8 Å². The first kappa shape index (κ1) is 16.5. The molecule has 0 aromatic heterocycles. The Morgan fingerprint density at radius 1 is 1.22 bits per heavy atom. The van der Waals surface area contributed by atoms with Crippen LogP contribution in [0.5, 0.6) is 0 Å². The van der Waals surface area contributed by atoms with E-state index in [1.165, 1.54) is 6.42 Å². The van der Waals surface area contributed by atoms with Gasteiger partial charge in [-0.1, -0.05) is 48.6 Å². The van der Waals surface area contributed by atoms with Gasteiger partial charge in [0.05, 0.1) is 13.2 Å². The average Bonchev–Trinajstić information content (AvgIpc) is 2.99. The largest absolute Gasteiger partial charge is 0.378 e. The van der Waals surface area contributed by atoms with E-state index in [1.54, 1.807) is 0 Å². The zero-order valence-corrected chi connectivity index (χ0v) is 13.4. The Labute approximate surface area is 137 Å². The predicted molar refractivity (Wildman–Crippen MR) is 86.5 cm³/mol. The topological polar surface area (TPSA) is 47.9 Å². The van der Waals surface area contributed by atoms with E-state index in [1.807, 2.05) is 30.3 Å². The van der Waals surface area contributed by atoms with Crippen LogP contribution in [0.3, 0.4) is 0 Å². The number of benzene rings is 1. The summed E-state index contributed by atoms with van der Waals surface area (Å²) < 4.78 is 17.3. The van der Waals surface area contributed by atoms with E-state index < -0.39 is 11.9 Å². The lowest BCUT2D eigenvalue weighted by Gasteiger charge is -2.31. The monoisotopic (exact) mass is 316 g/mol. The Hall–Kier alpha value is -1.38. The molecule has 1 aliphatic carbocycles. The first-order valence-corrected chi connectivity index (χ1v) is 8.37. The van der Waals surface area contributed by atoms with Gasteiger partial charge < -0.3 is 19.3 Å². The van der Waals surface area contributed by atoms with Crippen molar-refractivity contribution in [1.29, 1.82) is 0 Å². The predicted octanol–water partition coefficient (Wildman–Crippen LogP) is 2.64. The summed E-state index contributed by atoms with van der Waals surface area (Å²) >= 11 is 0. The molecule has 2 atom stereocenters. The molecule has 2 aliphatic rings. The van der Waals surface area contributed by atoms with E-state index in [0.717, 1.165) is 31.2 Å². The van der Waals surface area contributed by atoms with Crippen LogP contribution in [0.25, 0.3) is 0 Å². The molecule has 1 aliphatic heterocycles. The standard InChI is InChI=1S/C19H24O4/c20-17(10-7-13-21-14-16-8-3-1-4-9-16)18-15-22-19(23-18)11-5-2-6-12-19/h1,3-4,8-9,17-18,20H,2,5-6,11-15H2/t17-,18-/m1/s1. The minimum absolute atomic E-state index is 0.296. The summed E-state index contributed by atoms with van der Waals surface area (Å²) in [4.78, 5) is 0. The van der Waals surface area contributed by atoms with Gasteiger partial charge in [-0.25, -0.2) is 0 Å². The molecule has 4 heteroatoms. The number of hydrogen-bond donors (Lipinski definition) is 1. The van der Waals surface area contributed by atoms with Gasteiger partial charge in [0.1, 0.15) is 18.8 Å². The van der Waals surface area contributed by atoms with Crippen molar-refractivity contribution >= 4 is 0 Å². The number of rotatable bonds is 4. The molecule has 2 fully saturated rings. The maximum Gasteiger partial charge on any atom is 0.169 e. The molecule has 4 nitrogen and oxygen atoms in total. The summed E-state index contributed by atoms with van der Waals surface area (Å²) in [5, 5.41) is 10.1. The van der Waals surface area contributed by atoms with Crippen LogP contribution in [0.4, 0.5) is 0 Å². The zero-order valence-electron chi connectivity index (χ0n) is 13.4. The van der Waals surface area contributed by atoms with Crippen LogP contribution in [-0.2, 0) is 20.8 Å². The van der Waals surface area contributed by atoms with Crippen molar-refractivity contribution in [2.24, 2.45) is 0 Å². The molecule has 0 unspecified atom stereocenters. The fraction of sp³-hybridized carbons (Fsp3) is 0.579. The molecule has 0 bridgehead atoms. The molecule has 1 saturated heterocycles. The van der Waals surface area contributed by atoms with E-state index in [2.05, 4.69) is 11.8 Å². The van der Waals surface area contributed by atoms with Crippen molar-refractivity contribution in [1.82, 2.24) is 0 Å². The highest BCUT2D eigenvalue weighted by Crippen LogP contribution is 2.38. The van der Waals surface area contributed by atoms with Crippen LogP contribution in [0.1, 0.15) is 37.7 Å². The second-order valence-corrected chi connectivity index (χ2v) is 6.18. The van der Waals surface area contributed by atoms with Gasteiger partial charge in [-0.05, 0) is 18.4 Å². The number of ether oxygens (including phenoxy) is 3. The third-order valence-electron chi connectivity index (χ3n) is 4.38. The van der Waals surface area contributed by atoms with Crippen molar-refractivity contribution < 1.29 is 19.3 Å². The SMILES string of the molecule is O[C@H](C#CCOCc1ccccc1)[C@H]1COC2(CCCCC2)O1. The van der Waals surface area contributed by atoms with Gasteiger partial charge in [-0.15, -0.1) is 0 Å². The molecule has 0 radical (unpaired) electrons. The van der Waals surface area contributed by atoms with Crippen molar-refractivity contribution in [2.75, 3.05) is 13.2 Å². The molecule has 1 heterocycles. The summed E-state index contributed by atoms with van der Waals surface area (Å²) in [7, 11) is 0. The first-order valence-electron chi connectivity index (χ1n) is 8.37. The maximum absolute atomic E-state index is 10.1. The second-order valence-electron chi connectivity index (χ2n) is 6.18. The smallest absolute Gasteiger partial charge is 0.169 e. The summed E-state index contributed by atoms with van der Waals surface area (Å²) in [6.07, 6.45) is 4.16. The van der Waals surface area contributed by atoms with Gasteiger partial charge in [0.15, 0.2) is 5.79 Å². The van der Waals surface area contributed by atoms with Crippen molar-refractivity contribution in [3.05, 3.63) is 35.9 Å². The molecule has 3 rings (SSSR count). The molecule has 1 N–H and O–H groups in total. The van der Waals surface area contributed by atoms with Crippen LogP contribution in [-0.4, -0.2) is 36.3 Å². The van der Waals surface area contributed by atoms with E-state index in [-0.39, 0.29) is 6.10 Å². The fourth-order valence-corrected chi connectivity index (χ4v) is 3.12. The van der Waals surface area contributed by atoms with Crippen LogP contribution >= 0.6 is 0 Å². The van der Waals surface area contributed by atoms with Gasteiger partial charge in [-0.3, -0.25) is 0 Å². The van der Waals surface area contributed by atoms with Gasteiger partial charge >= 0.3 is 0 Å². The summed E-state index contributed by atoms with van der Waals surface area (Å²) in [5.41, 5.74) is 1.11. The molecule has 1 aromatic rings. The molecular weight excluding hydrogens is 292 g/mol. The molecule has 1 saturated carbocycles. The summed E-state index contributed by atoms with van der Waals surface area (Å²) in [6.45, 7) is 1.24. The van der Waals surface area contributed by atoms with E-state index in [4.69, 9.17) is 14.2 Å². The van der Waals surface area contributed by atoms with Crippen LogP contribution in [0.2, 0.25) is 0 Å². The van der Waals surface area contributed by atoms with Crippen molar-refractivity contribution in [3.63, 3.8) is 0 Å². The van der Waals surface area contributed by atoms with E-state index >= 15 is 0 Å². The van der Waals surface area contributed by atoms with Gasteiger partial charge in [0, 0.05) is 12.8 Å². The molecule has 124 valence electrons. The third-order valence-corrected chi connectivity index (χ3v) is 4.38. The molecule has 23 heavy (non-hydrogen) atoms. The Morgan fingerprint density at radius 3 is 2.78 bits per heavy atom. The Kier molecular flexibility index (Phi) is 5.69. The summed E-state index contributed by atoms with van der Waals surface area (Å²) in [5.74, 6) is 5.21. The number of hydrogen-bond acceptors (Lipinski definition) is 4. The minimum Gasteiger partial charge on any atom is -0.378 e. The van der Waals surface area contributed by atoms with Crippen LogP contribution < -0.4 is 0 Å². The van der Waals surface area contributed by atoms with Crippen molar-refractivity contribution in [3.8, 4) is 11.8 Å². The van der Waals surface area contributed by atoms with Crippen LogP contribution in [0, 0.1) is 11.8 Å². The Balaban J connectivity index is 1.40. The minimum atomic E-state index is -0.823. The fourth-order valence-electron chi connectivity index (χ4n) is 3.12. The lowest BCUT2D eigenvalue weighted by Crippen LogP contribution is -2.35. The highest BCUT2D eigenvalue weighted by molar-refractivity contribution is 5.14. The Bertz CT molecular complexity index is 539. The lowest BCUT2D eigenvalue weighted by atomic mass is 9.94. The number of aliphatic hydroxyl groups excluding tert-OH is 1. The average molecular weight is 316 g/mol. The normalized spacial score (nSPS) is 24.1. The second kappa shape index (κ2) is 7.94. The maximum atomic E-state index is 10.1. The third kappa shape index (κ3) is 4.55. The van der Waals surface area contributed by atoms with Crippen LogP contribution in [0.15, 0.2) is 30.3 Å². The highest BCUT2D eigenvalue weighted by Gasteiger charge is 2.44.